The number of aryl methyl sites for hydroxylation is 1. The third kappa shape index (κ3) is 1.64. The highest BCUT2D eigenvalue weighted by Gasteiger charge is 2.06. The van der Waals surface area contributed by atoms with E-state index in [2.05, 4.69) is 32.6 Å². The van der Waals surface area contributed by atoms with Crippen molar-refractivity contribution in [1.82, 2.24) is 9.97 Å². The van der Waals surface area contributed by atoms with E-state index in [9.17, 15) is 4.79 Å². The Morgan fingerprint density at radius 1 is 1.50 bits per heavy atom. The fourth-order valence-corrected chi connectivity index (χ4v) is 2.43. The number of hydrogen-bond donors (Lipinski definition) is 1. The molecule has 5 heteroatoms. The van der Waals surface area contributed by atoms with Crippen molar-refractivity contribution in [2.75, 3.05) is 0 Å². The van der Waals surface area contributed by atoms with Gasteiger partial charge in [0.2, 0.25) is 0 Å². The molecule has 0 aliphatic carbocycles. The van der Waals surface area contributed by atoms with Gasteiger partial charge in [0.25, 0.3) is 5.56 Å². The van der Waals surface area contributed by atoms with Crippen LogP contribution in [0.2, 0.25) is 5.02 Å². The molecule has 1 aromatic heterocycles. The van der Waals surface area contributed by atoms with Gasteiger partial charge < -0.3 is 4.98 Å². The Kier molecular flexibility index (Phi) is 2.48. The fraction of sp³-hybridized carbons (Fsp3) is 0.111. The van der Waals surface area contributed by atoms with Gasteiger partial charge in [-0.15, -0.1) is 0 Å². The summed E-state index contributed by atoms with van der Waals surface area (Å²) in [6.45, 7) is 1.76. The predicted molar refractivity (Wildman–Crippen MR) is 64.8 cm³/mol. The van der Waals surface area contributed by atoms with Gasteiger partial charge in [-0.1, -0.05) is 11.6 Å². The van der Waals surface area contributed by atoms with E-state index in [1.807, 2.05) is 0 Å². The first-order valence-corrected chi connectivity index (χ1v) is 5.39. The van der Waals surface area contributed by atoms with E-state index >= 15 is 0 Å². The molecule has 0 unspecified atom stereocenters. The standard InChI is InChI=1S/C9H6ClIN2O/c1-4-12-8-6(9(14)13-4)2-5(10)3-7(8)11/h2-3H,1H3,(H,12,13,14). The van der Waals surface area contributed by atoms with Crippen LogP contribution in [0.4, 0.5) is 0 Å². The van der Waals surface area contributed by atoms with Gasteiger partial charge in [0.05, 0.1) is 10.9 Å². The summed E-state index contributed by atoms with van der Waals surface area (Å²) in [7, 11) is 0. The lowest BCUT2D eigenvalue weighted by Crippen LogP contribution is -2.10. The summed E-state index contributed by atoms with van der Waals surface area (Å²) < 4.78 is 0.888. The molecular formula is C9H6ClIN2O. The number of rotatable bonds is 0. The molecule has 0 spiro atoms. The van der Waals surface area contributed by atoms with Crippen LogP contribution in [-0.2, 0) is 0 Å². The maximum Gasteiger partial charge on any atom is 0.258 e. The average Bonchev–Trinajstić information content (AvgIpc) is 2.07. The van der Waals surface area contributed by atoms with Gasteiger partial charge in [-0.2, -0.15) is 0 Å². The maximum absolute atomic E-state index is 11.5. The third-order valence-electron chi connectivity index (χ3n) is 1.85. The van der Waals surface area contributed by atoms with Crippen LogP contribution in [0.5, 0.6) is 0 Å². The van der Waals surface area contributed by atoms with E-state index in [0.29, 0.717) is 21.7 Å². The highest BCUT2D eigenvalue weighted by Crippen LogP contribution is 2.21. The van der Waals surface area contributed by atoms with Crippen LogP contribution in [0.15, 0.2) is 16.9 Å². The predicted octanol–water partition coefficient (Wildman–Crippen LogP) is 2.49. The molecule has 2 aromatic rings. The van der Waals surface area contributed by atoms with Gasteiger partial charge in [0, 0.05) is 8.59 Å². The molecule has 0 bridgehead atoms. The number of benzene rings is 1. The van der Waals surface area contributed by atoms with Crippen molar-refractivity contribution in [2.24, 2.45) is 0 Å². The van der Waals surface area contributed by atoms with Crippen LogP contribution in [0.25, 0.3) is 10.9 Å². The second kappa shape index (κ2) is 3.51. The van der Waals surface area contributed by atoms with Crippen LogP contribution in [0, 0.1) is 10.5 Å². The van der Waals surface area contributed by atoms with Crippen molar-refractivity contribution in [3.8, 4) is 0 Å². The molecule has 0 amide bonds. The van der Waals surface area contributed by atoms with E-state index in [1.165, 1.54) is 0 Å². The van der Waals surface area contributed by atoms with Crippen molar-refractivity contribution in [2.45, 2.75) is 6.92 Å². The SMILES string of the molecule is Cc1nc2c(I)cc(Cl)cc2c(=O)[nH]1. The molecule has 3 nitrogen and oxygen atoms in total. The summed E-state index contributed by atoms with van der Waals surface area (Å²) in [6.07, 6.45) is 0. The topological polar surface area (TPSA) is 45.8 Å². The Morgan fingerprint density at radius 2 is 2.21 bits per heavy atom. The zero-order chi connectivity index (χ0) is 10.3. The summed E-state index contributed by atoms with van der Waals surface area (Å²) >= 11 is 7.97. The van der Waals surface area contributed by atoms with Crippen LogP contribution in [0.3, 0.4) is 0 Å². The van der Waals surface area contributed by atoms with E-state index < -0.39 is 0 Å². The maximum atomic E-state index is 11.5. The van der Waals surface area contributed by atoms with E-state index in [1.54, 1.807) is 19.1 Å². The Hall–Kier alpha value is -0.620. The summed E-state index contributed by atoms with van der Waals surface area (Å²) in [5, 5.41) is 1.09. The van der Waals surface area contributed by atoms with Gasteiger partial charge in [0.15, 0.2) is 0 Å². The summed E-state index contributed by atoms with van der Waals surface area (Å²) in [5.74, 6) is 0.614. The molecule has 0 saturated heterocycles. The van der Waals surface area contributed by atoms with Crippen LogP contribution in [-0.4, -0.2) is 9.97 Å². The minimum absolute atomic E-state index is 0.145. The third-order valence-corrected chi connectivity index (χ3v) is 2.89. The number of H-pyrrole nitrogens is 1. The monoisotopic (exact) mass is 320 g/mol. The van der Waals surface area contributed by atoms with E-state index in [0.717, 1.165) is 3.57 Å². The van der Waals surface area contributed by atoms with Gasteiger partial charge in [-0.25, -0.2) is 4.98 Å². The Morgan fingerprint density at radius 3 is 2.93 bits per heavy atom. The van der Waals surface area contributed by atoms with Crippen molar-refractivity contribution in [3.05, 3.63) is 36.9 Å². The minimum atomic E-state index is -0.145. The lowest BCUT2D eigenvalue weighted by atomic mass is 10.2. The zero-order valence-electron chi connectivity index (χ0n) is 7.27. The normalized spacial score (nSPS) is 10.8. The molecule has 0 aliphatic rings. The molecule has 0 radical (unpaired) electrons. The second-order valence-electron chi connectivity index (χ2n) is 2.94. The second-order valence-corrected chi connectivity index (χ2v) is 4.53. The molecule has 2 rings (SSSR count). The van der Waals surface area contributed by atoms with Gasteiger partial charge >= 0.3 is 0 Å². The average molecular weight is 321 g/mol. The number of nitrogens with one attached hydrogen (secondary N) is 1. The number of fused-ring (bicyclic) bond motifs is 1. The van der Waals surface area contributed by atoms with Gasteiger partial charge in [-0.05, 0) is 41.6 Å². The lowest BCUT2D eigenvalue weighted by molar-refractivity contribution is 1.06. The largest absolute Gasteiger partial charge is 0.310 e. The Labute approximate surface area is 98.6 Å². The summed E-state index contributed by atoms with van der Waals surface area (Å²) in [4.78, 5) is 18.4. The highest BCUT2D eigenvalue weighted by atomic mass is 127. The number of nitrogens with zero attached hydrogens (tertiary/aromatic N) is 1. The van der Waals surface area contributed by atoms with E-state index in [4.69, 9.17) is 11.6 Å². The summed E-state index contributed by atoms with van der Waals surface area (Å²) in [6, 6.07) is 3.42. The minimum Gasteiger partial charge on any atom is -0.310 e. The lowest BCUT2D eigenvalue weighted by Gasteiger charge is -2.01. The van der Waals surface area contributed by atoms with Crippen LogP contribution < -0.4 is 5.56 Å². The summed E-state index contributed by atoms with van der Waals surface area (Å²) in [5.41, 5.74) is 0.559. The zero-order valence-corrected chi connectivity index (χ0v) is 10.2. The number of aromatic amines is 1. The first-order chi connectivity index (χ1) is 6.58. The quantitative estimate of drug-likeness (QED) is 0.758. The molecule has 72 valence electrons. The first kappa shape index (κ1) is 9.92. The molecule has 1 N–H and O–H groups in total. The first-order valence-electron chi connectivity index (χ1n) is 3.93. The molecule has 1 heterocycles. The highest BCUT2D eigenvalue weighted by molar-refractivity contribution is 14.1. The molecule has 0 atom stereocenters. The van der Waals surface area contributed by atoms with Crippen molar-refractivity contribution in [3.63, 3.8) is 0 Å². The molecule has 0 aliphatic heterocycles. The van der Waals surface area contributed by atoms with Crippen molar-refractivity contribution < 1.29 is 0 Å². The van der Waals surface area contributed by atoms with Crippen molar-refractivity contribution in [1.29, 1.82) is 0 Å². The Bertz CT molecular complexity index is 564. The molecule has 1 aromatic carbocycles. The van der Waals surface area contributed by atoms with Crippen LogP contribution in [0.1, 0.15) is 5.82 Å². The van der Waals surface area contributed by atoms with Gasteiger partial charge in [0.1, 0.15) is 5.82 Å². The number of halogens is 2. The fourth-order valence-electron chi connectivity index (χ4n) is 1.28. The smallest absolute Gasteiger partial charge is 0.258 e. The molecule has 0 saturated carbocycles. The van der Waals surface area contributed by atoms with Gasteiger partial charge in [-0.3, -0.25) is 4.79 Å². The van der Waals surface area contributed by atoms with Crippen LogP contribution >= 0.6 is 34.2 Å². The number of hydrogen-bond acceptors (Lipinski definition) is 2. The van der Waals surface area contributed by atoms with E-state index in [-0.39, 0.29) is 5.56 Å². The Balaban J connectivity index is 3.02. The molecule has 0 fully saturated rings. The molecule has 14 heavy (non-hydrogen) atoms. The molecular weight excluding hydrogens is 314 g/mol. The van der Waals surface area contributed by atoms with Crippen molar-refractivity contribution >= 4 is 45.1 Å². The number of aromatic nitrogens is 2.